The average molecular weight is 472 g/mol. The van der Waals surface area contributed by atoms with Crippen molar-refractivity contribution in [2.45, 2.75) is 46.8 Å². The predicted molar refractivity (Wildman–Crippen MR) is 140 cm³/mol. The zero-order valence-corrected chi connectivity index (χ0v) is 21.2. The number of aliphatic hydroxyl groups is 2. The molecule has 34 heavy (non-hydrogen) atoms. The molecule has 0 bridgehead atoms. The van der Waals surface area contributed by atoms with E-state index in [2.05, 4.69) is 30.4 Å². The molecular weight excluding hydrogens is 430 g/mol. The lowest BCUT2D eigenvalue weighted by Crippen LogP contribution is -2.50. The van der Waals surface area contributed by atoms with Gasteiger partial charge in [0.2, 0.25) is 0 Å². The van der Waals surface area contributed by atoms with Gasteiger partial charge in [-0.25, -0.2) is 0 Å². The third kappa shape index (κ3) is 10.2. The maximum atomic E-state index is 12.6. The molecule has 0 saturated carbocycles. The molecule has 7 heteroatoms. The van der Waals surface area contributed by atoms with E-state index in [1.54, 1.807) is 6.08 Å². The SMILES string of the molecule is C=CC(=C)NC/C(C)=C/C(=C\C)CNC(=O)[C@H](O)[C@@H](O)C(=O)N1CC(=C)/C(=C\C=C/C)C1.CC. The second-order valence-corrected chi connectivity index (χ2v) is 7.56. The molecule has 2 atom stereocenters. The molecular formula is C27H41N3O4. The zero-order chi connectivity index (χ0) is 26.3. The standard InChI is InChI=1S/C25H35N3O4.C2H6/c1-7-10-11-21-16-28(15-18(21)5)25(32)23(30)22(29)24(31)27-14-20(9-3)12-17(4)13-26-19(6)8-2;1-2/h7-12,22-23,26,29-30H,2,5-6,13-16H2,1,3-4H3,(H,27,31);1-2H3/b10-7-,17-12+,20-9+,21-11-;/t22-,23-;/m1./s1. The van der Waals surface area contributed by atoms with Gasteiger partial charge in [-0.05, 0) is 43.6 Å². The molecule has 1 rings (SSSR count). The van der Waals surface area contributed by atoms with Crippen molar-refractivity contribution in [1.29, 1.82) is 0 Å². The first-order chi connectivity index (χ1) is 16.1. The number of hydrogen-bond acceptors (Lipinski definition) is 5. The van der Waals surface area contributed by atoms with Crippen LogP contribution in [0.5, 0.6) is 0 Å². The molecule has 1 aliphatic heterocycles. The van der Waals surface area contributed by atoms with Crippen LogP contribution in [0.25, 0.3) is 0 Å². The third-order valence-electron chi connectivity index (χ3n) is 4.93. The zero-order valence-electron chi connectivity index (χ0n) is 21.2. The van der Waals surface area contributed by atoms with Gasteiger partial charge in [0.1, 0.15) is 0 Å². The fourth-order valence-electron chi connectivity index (χ4n) is 2.93. The summed E-state index contributed by atoms with van der Waals surface area (Å²) < 4.78 is 0. The second-order valence-electron chi connectivity index (χ2n) is 7.56. The number of hydrogen-bond donors (Lipinski definition) is 4. The molecule has 1 saturated heterocycles. The van der Waals surface area contributed by atoms with Crippen molar-refractivity contribution >= 4 is 11.8 Å². The van der Waals surface area contributed by atoms with E-state index >= 15 is 0 Å². The lowest BCUT2D eigenvalue weighted by molar-refractivity contribution is -0.152. The molecule has 1 heterocycles. The first kappa shape index (κ1) is 30.8. The number of rotatable bonds is 11. The van der Waals surface area contributed by atoms with Gasteiger partial charge in [0.25, 0.3) is 11.8 Å². The highest BCUT2D eigenvalue weighted by molar-refractivity contribution is 5.91. The highest BCUT2D eigenvalue weighted by atomic mass is 16.3. The van der Waals surface area contributed by atoms with Crippen LogP contribution in [0.3, 0.4) is 0 Å². The highest BCUT2D eigenvalue weighted by Gasteiger charge is 2.35. The summed E-state index contributed by atoms with van der Waals surface area (Å²) in [5.41, 5.74) is 4.15. The van der Waals surface area contributed by atoms with Gasteiger partial charge in [-0.15, -0.1) is 0 Å². The summed E-state index contributed by atoms with van der Waals surface area (Å²) in [4.78, 5) is 26.2. The molecule has 2 amide bonds. The Morgan fingerprint density at radius 2 is 1.76 bits per heavy atom. The molecule has 0 unspecified atom stereocenters. The largest absolute Gasteiger partial charge is 0.382 e. The Morgan fingerprint density at radius 1 is 1.12 bits per heavy atom. The topological polar surface area (TPSA) is 102 Å². The summed E-state index contributed by atoms with van der Waals surface area (Å²) in [5.74, 6) is -1.54. The Hall–Kier alpha value is -3.16. The number of nitrogens with one attached hydrogen (secondary N) is 2. The molecule has 0 aromatic rings. The van der Waals surface area contributed by atoms with E-state index < -0.39 is 24.0 Å². The van der Waals surface area contributed by atoms with Crippen LogP contribution in [0, 0.1) is 0 Å². The summed E-state index contributed by atoms with van der Waals surface area (Å²) in [7, 11) is 0. The predicted octanol–water partition coefficient (Wildman–Crippen LogP) is 2.93. The second kappa shape index (κ2) is 16.5. The minimum Gasteiger partial charge on any atom is -0.382 e. The van der Waals surface area contributed by atoms with Gasteiger partial charge >= 0.3 is 0 Å². The number of nitrogens with zero attached hydrogens (tertiary/aromatic N) is 1. The Balaban J connectivity index is 0.00000529. The van der Waals surface area contributed by atoms with Crippen LogP contribution in [0.1, 0.15) is 34.6 Å². The molecule has 1 fully saturated rings. The van der Waals surface area contributed by atoms with Crippen molar-refractivity contribution in [3.8, 4) is 0 Å². The Morgan fingerprint density at radius 3 is 2.32 bits per heavy atom. The smallest absolute Gasteiger partial charge is 0.255 e. The van der Waals surface area contributed by atoms with Crippen molar-refractivity contribution in [2.24, 2.45) is 0 Å². The average Bonchev–Trinajstić information content (AvgIpc) is 3.23. The van der Waals surface area contributed by atoms with E-state index in [4.69, 9.17) is 0 Å². The van der Waals surface area contributed by atoms with Crippen LogP contribution >= 0.6 is 0 Å². The normalized spacial score (nSPS) is 17.2. The Kier molecular flexibility index (Phi) is 14.9. The van der Waals surface area contributed by atoms with Crippen molar-refractivity contribution in [2.75, 3.05) is 26.2 Å². The summed E-state index contributed by atoms with van der Waals surface area (Å²) in [6.45, 7) is 22.2. The van der Waals surface area contributed by atoms with Gasteiger partial charge in [-0.2, -0.15) is 0 Å². The molecule has 0 aromatic carbocycles. The van der Waals surface area contributed by atoms with Crippen molar-refractivity contribution in [3.63, 3.8) is 0 Å². The highest BCUT2D eigenvalue weighted by Crippen LogP contribution is 2.21. The van der Waals surface area contributed by atoms with Gasteiger partial charge in [0, 0.05) is 31.9 Å². The molecule has 0 radical (unpaired) electrons. The molecule has 0 spiro atoms. The van der Waals surface area contributed by atoms with Crippen LogP contribution in [0.2, 0.25) is 0 Å². The summed E-state index contributed by atoms with van der Waals surface area (Å²) in [6, 6.07) is 0. The van der Waals surface area contributed by atoms with Gasteiger partial charge in [-0.1, -0.05) is 69.5 Å². The number of likely N-dealkylation sites (tertiary alicyclic amines) is 1. The van der Waals surface area contributed by atoms with Gasteiger partial charge < -0.3 is 25.7 Å². The van der Waals surface area contributed by atoms with Crippen LogP contribution < -0.4 is 10.6 Å². The molecule has 1 aliphatic rings. The van der Waals surface area contributed by atoms with E-state index in [1.165, 1.54) is 4.90 Å². The number of amides is 2. The molecule has 0 aliphatic carbocycles. The Bertz CT molecular complexity index is 865. The minimum absolute atomic E-state index is 0.143. The summed E-state index contributed by atoms with van der Waals surface area (Å²) in [5, 5.41) is 26.1. The van der Waals surface area contributed by atoms with E-state index in [9.17, 15) is 19.8 Å². The number of carbonyl (C=O) groups excluding carboxylic acids is 2. The van der Waals surface area contributed by atoms with E-state index in [-0.39, 0.29) is 19.6 Å². The fraction of sp³-hybridized carbons (Fsp3) is 0.407. The lowest BCUT2D eigenvalue weighted by Gasteiger charge is -2.22. The van der Waals surface area contributed by atoms with Crippen molar-refractivity contribution in [3.05, 3.63) is 84.2 Å². The Labute approximate surface area is 204 Å². The molecule has 0 aromatic heterocycles. The number of carbonyl (C=O) groups is 2. The molecule has 7 nitrogen and oxygen atoms in total. The van der Waals surface area contributed by atoms with Crippen LogP contribution in [0.4, 0.5) is 0 Å². The first-order valence-corrected chi connectivity index (χ1v) is 11.4. The fourth-order valence-corrected chi connectivity index (χ4v) is 2.93. The first-order valence-electron chi connectivity index (χ1n) is 11.4. The van der Waals surface area contributed by atoms with Crippen molar-refractivity contribution in [1.82, 2.24) is 15.5 Å². The van der Waals surface area contributed by atoms with Crippen LogP contribution in [-0.4, -0.2) is 65.3 Å². The van der Waals surface area contributed by atoms with E-state index in [0.717, 1.165) is 22.3 Å². The number of allylic oxidation sites excluding steroid dienone is 5. The van der Waals surface area contributed by atoms with Crippen LogP contribution in [-0.2, 0) is 9.59 Å². The maximum absolute atomic E-state index is 12.6. The third-order valence-corrected chi connectivity index (χ3v) is 4.93. The lowest BCUT2D eigenvalue weighted by atomic mass is 10.1. The van der Waals surface area contributed by atoms with Gasteiger partial charge in [0.05, 0.1) is 0 Å². The monoisotopic (exact) mass is 471 g/mol. The van der Waals surface area contributed by atoms with Crippen LogP contribution in [0.15, 0.2) is 84.2 Å². The van der Waals surface area contributed by atoms with E-state index in [1.807, 2.05) is 65.0 Å². The maximum Gasteiger partial charge on any atom is 0.255 e. The minimum atomic E-state index is -1.87. The molecule has 4 N–H and O–H groups in total. The van der Waals surface area contributed by atoms with Gasteiger partial charge in [-0.3, -0.25) is 9.59 Å². The van der Waals surface area contributed by atoms with Gasteiger partial charge in [0.15, 0.2) is 12.2 Å². The number of aliphatic hydroxyl groups excluding tert-OH is 2. The van der Waals surface area contributed by atoms with Crippen molar-refractivity contribution < 1.29 is 19.8 Å². The van der Waals surface area contributed by atoms with E-state index in [0.29, 0.717) is 12.2 Å². The molecule has 188 valence electrons. The summed E-state index contributed by atoms with van der Waals surface area (Å²) >= 11 is 0. The quantitative estimate of drug-likeness (QED) is 0.347. The summed E-state index contributed by atoms with van der Waals surface area (Å²) in [6.07, 6.45) is 7.16.